The van der Waals surface area contributed by atoms with E-state index in [0.717, 1.165) is 44.9 Å². The van der Waals surface area contributed by atoms with Gasteiger partial charge in [-0.2, -0.15) is 0 Å². The number of hydrogen-bond acceptors (Lipinski definition) is 4. The largest absolute Gasteiger partial charge is 0.462 e. The van der Waals surface area contributed by atoms with Crippen LogP contribution in [0, 0.1) is 5.92 Å². The van der Waals surface area contributed by atoms with E-state index in [4.69, 9.17) is 9.84 Å². The van der Waals surface area contributed by atoms with E-state index in [-0.39, 0.29) is 12.6 Å². The lowest BCUT2D eigenvalue weighted by atomic mass is 10.0. The van der Waals surface area contributed by atoms with Crippen LogP contribution in [0.5, 0.6) is 0 Å². The lowest BCUT2D eigenvalue weighted by Gasteiger charge is -2.15. The highest BCUT2D eigenvalue weighted by Gasteiger charge is 2.12. The summed E-state index contributed by atoms with van der Waals surface area (Å²) in [5.74, 6) is 0.101. The summed E-state index contributed by atoms with van der Waals surface area (Å²) in [5, 5.41) is 18.6. The molecule has 2 unspecified atom stereocenters. The molecule has 4 heteroatoms. The molecule has 0 amide bonds. The first kappa shape index (κ1) is 21.1. The van der Waals surface area contributed by atoms with E-state index < -0.39 is 6.10 Å². The van der Waals surface area contributed by atoms with Crippen molar-refractivity contribution in [1.29, 1.82) is 0 Å². The molecule has 0 fully saturated rings. The first-order valence-electron chi connectivity index (χ1n) is 8.69. The molecule has 0 aromatic rings. The number of esters is 1. The first-order chi connectivity index (χ1) is 10.5. The van der Waals surface area contributed by atoms with Gasteiger partial charge < -0.3 is 14.9 Å². The van der Waals surface area contributed by atoms with Gasteiger partial charge in [0.05, 0.1) is 12.7 Å². The molecule has 0 radical (unpaired) electrons. The Morgan fingerprint density at radius 2 is 1.86 bits per heavy atom. The summed E-state index contributed by atoms with van der Waals surface area (Å²) < 4.78 is 5.35. The Balaban J connectivity index is 4.09. The van der Waals surface area contributed by atoms with E-state index in [1.165, 1.54) is 0 Å². The van der Waals surface area contributed by atoms with Gasteiger partial charge in [0, 0.05) is 12.2 Å². The average molecular weight is 314 g/mol. The molecular weight excluding hydrogens is 280 g/mol. The van der Waals surface area contributed by atoms with E-state index in [2.05, 4.69) is 13.8 Å². The Kier molecular flexibility index (Phi) is 13.2. The summed E-state index contributed by atoms with van der Waals surface area (Å²) in [6.07, 6.45) is 8.49. The molecule has 0 aromatic carbocycles. The Hall–Kier alpha value is -0.870. The normalized spacial score (nSPS) is 14.7. The van der Waals surface area contributed by atoms with Gasteiger partial charge in [0.2, 0.25) is 0 Å². The number of aliphatic hydroxyl groups excluding tert-OH is 2. The molecule has 0 aliphatic rings. The van der Waals surface area contributed by atoms with Crippen LogP contribution < -0.4 is 0 Å². The summed E-state index contributed by atoms with van der Waals surface area (Å²) in [6.45, 7) is 6.62. The van der Waals surface area contributed by atoms with Gasteiger partial charge in [0.15, 0.2) is 0 Å². The van der Waals surface area contributed by atoms with Gasteiger partial charge in [-0.1, -0.05) is 46.0 Å². The minimum absolute atomic E-state index is 0.188. The van der Waals surface area contributed by atoms with Crippen LogP contribution in [0.3, 0.4) is 0 Å². The van der Waals surface area contributed by atoms with Gasteiger partial charge >= 0.3 is 5.97 Å². The molecule has 0 heterocycles. The average Bonchev–Trinajstić information content (AvgIpc) is 2.51. The van der Waals surface area contributed by atoms with Crippen molar-refractivity contribution in [1.82, 2.24) is 0 Å². The number of aliphatic hydroxyl groups is 2. The second-order valence-corrected chi connectivity index (χ2v) is 6.00. The van der Waals surface area contributed by atoms with Gasteiger partial charge in [0.25, 0.3) is 0 Å². The number of ether oxygens (including phenoxy) is 1. The van der Waals surface area contributed by atoms with E-state index in [9.17, 15) is 9.90 Å². The van der Waals surface area contributed by atoms with Crippen molar-refractivity contribution in [3.05, 3.63) is 11.6 Å². The van der Waals surface area contributed by atoms with E-state index in [0.29, 0.717) is 24.5 Å². The van der Waals surface area contributed by atoms with E-state index in [1.54, 1.807) is 13.0 Å². The molecule has 0 aliphatic carbocycles. The predicted octanol–water partition coefficient (Wildman–Crippen LogP) is 3.61. The zero-order valence-electron chi connectivity index (χ0n) is 14.5. The fraction of sp³-hybridized carbons (Fsp3) is 0.833. The molecule has 0 spiro atoms. The number of unbranched alkanes of at least 4 members (excludes halogenated alkanes) is 3. The number of hydrogen-bond donors (Lipinski definition) is 2. The van der Waals surface area contributed by atoms with Crippen LogP contribution in [0.15, 0.2) is 11.6 Å². The molecule has 2 N–H and O–H groups in total. The second-order valence-electron chi connectivity index (χ2n) is 6.00. The van der Waals surface area contributed by atoms with Crippen molar-refractivity contribution in [3.8, 4) is 0 Å². The van der Waals surface area contributed by atoms with Crippen LogP contribution in [-0.4, -0.2) is 35.5 Å². The molecule has 0 saturated carbocycles. The van der Waals surface area contributed by atoms with Gasteiger partial charge in [-0.05, 0) is 38.2 Å². The molecule has 130 valence electrons. The quantitative estimate of drug-likeness (QED) is 0.310. The molecule has 4 nitrogen and oxygen atoms in total. The molecule has 22 heavy (non-hydrogen) atoms. The lowest BCUT2D eigenvalue weighted by molar-refractivity contribution is -0.140. The summed E-state index contributed by atoms with van der Waals surface area (Å²) in [5.41, 5.74) is 0.472. The SMILES string of the molecule is CCCCC(CC)COC(=O)C(C)=CC(O)CCCCCO. The molecular formula is C18H34O4. The molecule has 0 rings (SSSR count). The fourth-order valence-electron chi connectivity index (χ4n) is 2.29. The molecule has 0 aliphatic heterocycles. The number of carbonyl (C=O) groups excluding carboxylic acids is 1. The van der Waals surface area contributed by atoms with Crippen LogP contribution in [0.4, 0.5) is 0 Å². The third-order valence-corrected chi connectivity index (χ3v) is 3.92. The highest BCUT2D eigenvalue weighted by molar-refractivity contribution is 5.87. The van der Waals surface area contributed by atoms with E-state index >= 15 is 0 Å². The van der Waals surface area contributed by atoms with Crippen molar-refractivity contribution in [2.24, 2.45) is 5.92 Å². The fourth-order valence-corrected chi connectivity index (χ4v) is 2.29. The lowest BCUT2D eigenvalue weighted by Crippen LogP contribution is -2.15. The van der Waals surface area contributed by atoms with Crippen molar-refractivity contribution in [2.75, 3.05) is 13.2 Å². The summed E-state index contributed by atoms with van der Waals surface area (Å²) in [4.78, 5) is 11.9. The van der Waals surface area contributed by atoms with Gasteiger partial charge in [0.1, 0.15) is 0 Å². The Labute approximate surface area is 135 Å². The standard InChI is InChI=1S/C18H34O4/c1-4-6-10-16(5-2)14-22-18(21)15(3)13-17(20)11-8-7-9-12-19/h13,16-17,19-20H,4-12,14H2,1-3H3. The monoisotopic (exact) mass is 314 g/mol. The third kappa shape index (κ3) is 10.8. The zero-order valence-corrected chi connectivity index (χ0v) is 14.5. The minimum Gasteiger partial charge on any atom is -0.462 e. The van der Waals surface area contributed by atoms with Crippen LogP contribution in [0.1, 0.15) is 72.1 Å². The maximum absolute atomic E-state index is 11.9. The van der Waals surface area contributed by atoms with Gasteiger partial charge in [-0.25, -0.2) is 4.79 Å². The number of carbonyl (C=O) groups is 1. The highest BCUT2D eigenvalue weighted by atomic mass is 16.5. The van der Waals surface area contributed by atoms with Crippen LogP contribution in [0.25, 0.3) is 0 Å². The molecule has 0 aromatic heterocycles. The van der Waals surface area contributed by atoms with Gasteiger partial charge in [-0.15, -0.1) is 0 Å². The second kappa shape index (κ2) is 13.8. The van der Waals surface area contributed by atoms with E-state index in [1.807, 2.05) is 0 Å². The molecule has 2 atom stereocenters. The third-order valence-electron chi connectivity index (χ3n) is 3.92. The topological polar surface area (TPSA) is 66.8 Å². The van der Waals surface area contributed by atoms with Crippen LogP contribution in [0.2, 0.25) is 0 Å². The molecule has 0 bridgehead atoms. The smallest absolute Gasteiger partial charge is 0.333 e. The van der Waals surface area contributed by atoms with Crippen molar-refractivity contribution in [2.45, 2.75) is 78.2 Å². The summed E-state index contributed by atoms with van der Waals surface area (Å²) in [7, 11) is 0. The number of rotatable bonds is 13. The van der Waals surface area contributed by atoms with Crippen LogP contribution in [-0.2, 0) is 9.53 Å². The van der Waals surface area contributed by atoms with Gasteiger partial charge in [-0.3, -0.25) is 0 Å². The highest BCUT2D eigenvalue weighted by Crippen LogP contribution is 2.14. The minimum atomic E-state index is -0.617. The van der Waals surface area contributed by atoms with Crippen LogP contribution >= 0.6 is 0 Å². The zero-order chi connectivity index (χ0) is 16.8. The Bertz CT molecular complexity index is 312. The Morgan fingerprint density at radius 1 is 1.14 bits per heavy atom. The van der Waals surface area contributed by atoms with Crippen molar-refractivity contribution in [3.63, 3.8) is 0 Å². The summed E-state index contributed by atoms with van der Waals surface area (Å²) >= 11 is 0. The maximum Gasteiger partial charge on any atom is 0.333 e. The van der Waals surface area contributed by atoms with Crippen molar-refractivity contribution < 1.29 is 19.7 Å². The Morgan fingerprint density at radius 3 is 2.45 bits per heavy atom. The molecule has 0 saturated heterocycles. The summed E-state index contributed by atoms with van der Waals surface area (Å²) in [6, 6.07) is 0. The maximum atomic E-state index is 11.9. The predicted molar refractivity (Wildman–Crippen MR) is 89.6 cm³/mol. The first-order valence-corrected chi connectivity index (χ1v) is 8.69. The van der Waals surface area contributed by atoms with Crippen molar-refractivity contribution >= 4 is 5.97 Å².